The minimum Gasteiger partial charge on any atom is -0.394 e. The number of aliphatic hydroxyl groups is 4. The highest BCUT2D eigenvalue weighted by atomic mass is 16.3. The van der Waals surface area contributed by atoms with Crippen molar-refractivity contribution in [3.63, 3.8) is 0 Å². The average molecular weight is 642 g/mol. The number of hydrogen-bond acceptors (Lipinski definition) is 5. The molecule has 0 saturated heterocycles. The fourth-order valence-corrected chi connectivity index (χ4v) is 6.33. The van der Waals surface area contributed by atoms with Crippen molar-refractivity contribution in [2.75, 3.05) is 6.61 Å². The lowest BCUT2D eigenvalue weighted by Crippen LogP contribution is -2.53. The van der Waals surface area contributed by atoms with Gasteiger partial charge in [0.05, 0.1) is 18.8 Å². The van der Waals surface area contributed by atoms with E-state index in [-0.39, 0.29) is 0 Å². The van der Waals surface area contributed by atoms with Crippen molar-refractivity contribution in [2.24, 2.45) is 0 Å². The van der Waals surface area contributed by atoms with Gasteiger partial charge in [0.2, 0.25) is 5.91 Å². The molecule has 0 radical (unpaired) electrons. The molecule has 0 aliphatic rings. The van der Waals surface area contributed by atoms with E-state index < -0.39 is 36.9 Å². The van der Waals surface area contributed by atoms with Crippen LogP contribution in [0.3, 0.4) is 0 Å². The summed E-state index contributed by atoms with van der Waals surface area (Å²) in [6.45, 7) is 3.80. The summed E-state index contributed by atoms with van der Waals surface area (Å²) in [6.07, 6.45) is 35.6. The molecule has 0 rings (SSSR count). The highest BCUT2D eigenvalue weighted by Gasteiger charge is 2.28. The maximum Gasteiger partial charge on any atom is 0.249 e. The van der Waals surface area contributed by atoms with Gasteiger partial charge in [-0.25, -0.2) is 0 Å². The van der Waals surface area contributed by atoms with Gasteiger partial charge in [0.25, 0.3) is 0 Å². The number of unbranched alkanes of at least 4 members (excludes halogenated alkanes) is 27. The van der Waals surface area contributed by atoms with E-state index in [1.54, 1.807) is 0 Å². The van der Waals surface area contributed by atoms with Gasteiger partial charge in [-0.05, 0) is 12.8 Å². The maximum atomic E-state index is 12.3. The summed E-state index contributed by atoms with van der Waals surface area (Å²) in [7, 11) is 0. The van der Waals surface area contributed by atoms with Crippen LogP contribution in [0.1, 0.15) is 213 Å². The van der Waals surface area contributed by atoms with Gasteiger partial charge in [0.1, 0.15) is 12.2 Å². The van der Waals surface area contributed by atoms with Crippen LogP contribution in [-0.4, -0.2) is 57.3 Å². The van der Waals surface area contributed by atoms with Crippen molar-refractivity contribution in [2.45, 2.75) is 237 Å². The van der Waals surface area contributed by atoms with E-state index in [1.807, 2.05) is 6.92 Å². The van der Waals surface area contributed by atoms with Gasteiger partial charge in [0, 0.05) is 0 Å². The van der Waals surface area contributed by atoms with Crippen LogP contribution in [0.5, 0.6) is 0 Å². The molecule has 0 aliphatic carbocycles. The Morgan fingerprint density at radius 1 is 0.467 bits per heavy atom. The predicted molar refractivity (Wildman–Crippen MR) is 192 cm³/mol. The molecule has 45 heavy (non-hydrogen) atoms. The van der Waals surface area contributed by atoms with Gasteiger partial charge in [0.15, 0.2) is 0 Å². The van der Waals surface area contributed by atoms with Crippen LogP contribution >= 0.6 is 0 Å². The molecule has 0 aliphatic heterocycles. The highest BCUT2D eigenvalue weighted by Crippen LogP contribution is 2.17. The summed E-state index contributed by atoms with van der Waals surface area (Å²) in [6, 6.07) is -0.974. The zero-order valence-corrected chi connectivity index (χ0v) is 30.1. The molecule has 270 valence electrons. The molecule has 5 N–H and O–H groups in total. The Morgan fingerprint density at radius 2 is 0.778 bits per heavy atom. The van der Waals surface area contributed by atoms with Crippen LogP contribution in [0.4, 0.5) is 0 Å². The smallest absolute Gasteiger partial charge is 0.249 e. The molecular formula is C39H79NO5. The lowest BCUT2D eigenvalue weighted by Gasteiger charge is -2.27. The summed E-state index contributed by atoms with van der Waals surface area (Å²) < 4.78 is 0. The SMILES string of the molecule is CCCCCCCCCCCCCCCCCCCCCCCCCCCCCC(O)C(=O)NC(CO)C(O)C(O)CCCC. The van der Waals surface area contributed by atoms with Crippen LogP contribution in [0.2, 0.25) is 0 Å². The number of amides is 1. The zero-order valence-electron chi connectivity index (χ0n) is 30.1. The number of hydrogen-bond donors (Lipinski definition) is 5. The Morgan fingerprint density at radius 3 is 1.09 bits per heavy atom. The first-order valence-electron chi connectivity index (χ1n) is 19.9. The average Bonchev–Trinajstić information content (AvgIpc) is 3.05. The van der Waals surface area contributed by atoms with Gasteiger partial charge in [-0.15, -0.1) is 0 Å². The van der Waals surface area contributed by atoms with Crippen LogP contribution in [0.15, 0.2) is 0 Å². The van der Waals surface area contributed by atoms with E-state index in [1.165, 1.54) is 154 Å². The van der Waals surface area contributed by atoms with Crippen molar-refractivity contribution in [3.8, 4) is 0 Å². The molecule has 1 amide bonds. The second-order valence-electron chi connectivity index (χ2n) is 14.0. The van der Waals surface area contributed by atoms with E-state index >= 15 is 0 Å². The molecular weight excluding hydrogens is 562 g/mol. The molecule has 0 aromatic heterocycles. The lowest BCUT2D eigenvalue weighted by atomic mass is 10.0. The summed E-state index contributed by atoms with van der Waals surface area (Å²) in [5.74, 6) is -0.592. The van der Waals surface area contributed by atoms with Gasteiger partial charge in [-0.3, -0.25) is 4.79 Å². The summed E-state index contributed by atoms with van der Waals surface area (Å²) in [5, 5.41) is 42.4. The Kier molecular flexibility index (Phi) is 34.1. The molecule has 6 heteroatoms. The van der Waals surface area contributed by atoms with E-state index in [2.05, 4.69) is 12.2 Å². The van der Waals surface area contributed by atoms with Crippen molar-refractivity contribution in [1.82, 2.24) is 5.32 Å². The predicted octanol–water partition coefficient (Wildman–Crippen LogP) is 9.68. The second-order valence-corrected chi connectivity index (χ2v) is 14.0. The first-order chi connectivity index (χ1) is 22.0. The Labute approximate surface area is 279 Å². The number of aliphatic hydroxyl groups excluding tert-OH is 4. The normalized spacial score (nSPS) is 14.4. The minimum absolute atomic E-state index is 0.373. The van der Waals surface area contributed by atoms with E-state index in [0.29, 0.717) is 12.8 Å². The molecule has 0 saturated carbocycles. The third kappa shape index (κ3) is 29.2. The van der Waals surface area contributed by atoms with E-state index in [0.717, 1.165) is 32.1 Å². The lowest BCUT2D eigenvalue weighted by molar-refractivity contribution is -0.132. The molecule has 0 heterocycles. The van der Waals surface area contributed by atoms with Crippen LogP contribution in [0, 0.1) is 0 Å². The number of carbonyl (C=O) groups is 1. The standard InChI is InChI=1S/C39H79NO5/c1-3-5-7-8-9-10-11-12-13-14-15-16-17-18-19-20-21-22-23-24-25-26-27-28-29-30-31-33-37(43)39(45)40-35(34-41)38(44)36(42)32-6-4-2/h35-38,41-44H,3-34H2,1-2H3,(H,40,45). The van der Waals surface area contributed by atoms with Crippen LogP contribution in [0.25, 0.3) is 0 Å². The highest BCUT2D eigenvalue weighted by molar-refractivity contribution is 5.80. The fourth-order valence-electron chi connectivity index (χ4n) is 6.33. The first-order valence-corrected chi connectivity index (χ1v) is 19.9. The largest absolute Gasteiger partial charge is 0.394 e. The molecule has 4 unspecified atom stereocenters. The third-order valence-corrected chi connectivity index (χ3v) is 9.57. The topological polar surface area (TPSA) is 110 Å². The number of carbonyl (C=O) groups excluding carboxylic acids is 1. The molecule has 0 spiro atoms. The van der Waals surface area contributed by atoms with Gasteiger partial charge < -0.3 is 25.7 Å². The monoisotopic (exact) mass is 642 g/mol. The van der Waals surface area contributed by atoms with Crippen molar-refractivity contribution < 1.29 is 25.2 Å². The molecule has 0 fully saturated rings. The van der Waals surface area contributed by atoms with Gasteiger partial charge in [-0.1, -0.05) is 200 Å². The number of nitrogens with one attached hydrogen (secondary N) is 1. The van der Waals surface area contributed by atoms with Crippen molar-refractivity contribution in [3.05, 3.63) is 0 Å². The van der Waals surface area contributed by atoms with Crippen LogP contribution in [-0.2, 0) is 4.79 Å². The van der Waals surface area contributed by atoms with Gasteiger partial charge in [-0.2, -0.15) is 0 Å². The molecule has 0 bridgehead atoms. The Bertz CT molecular complexity index is 604. The Hall–Kier alpha value is -0.690. The number of rotatable bonds is 36. The fraction of sp³-hybridized carbons (Fsp3) is 0.974. The first kappa shape index (κ1) is 44.3. The van der Waals surface area contributed by atoms with Gasteiger partial charge >= 0.3 is 0 Å². The molecule has 0 aromatic rings. The summed E-state index contributed by atoms with van der Waals surface area (Å²) in [5.41, 5.74) is 0. The van der Waals surface area contributed by atoms with E-state index in [4.69, 9.17) is 0 Å². The van der Waals surface area contributed by atoms with Crippen molar-refractivity contribution >= 4 is 5.91 Å². The third-order valence-electron chi connectivity index (χ3n) is 9.57. The van der Waals surface area contributed by atoms with E-state index in [9.17, 15) is 25.2 Å². The second kappa shape index (κ2) is 34.6. The molecule has 4 atom stereocenters. The van der Waals surface area contributed by atoms with Crippen molar-refractivity contribution in [1.29, 1.82) is 0 Å². The quantitative estimate of drug-likeness (QED) is 0.0438. The zero-order chi connectivity index (χ0) is 33.2. The summed E-state index contributed by atoms with van der Waals surface area (Å²) >= 11 is 0. The summed E-state index contributed by atoms with van der Waals surface area (Å²) in [4.78, 5) is 12.3. The van der Waals surface area contributed by atoms with Crippen LogP contribution < -0.4 is 5.32 Å². The minimum atomic E-state index is -1.25. The molecule has 6 nitrogen and oxygen atoms in total. The maximum absolute atomic E-state index is 12.3. The molecule has 0 aromatic carbocycles. The Balaban J connectivity index is 3.41.